The van der Waals surface area contributed by atoms with E-state index in [1.165, 1.54) is 24.3 Å². The number of benzene rings is 1. The molecular formula is C14H19O. The van der Waals surface area contributed by atoms with E-state index in [9.17, 15) is 5.11 Å². The average Bonchev–Trinajstić information content (AvgIpc) is 2.66. The molecule has 2 unspecified atom stereocenters. The summed E-state index contributed by atoms with van der Waals surface area (Å²) in [6.07, 6.45) is 4.35. The summed E-state index contributed by atoms with van der Waals surface area (Å²) < 4.78 is 0. The van der Waals surface area contributed by atoms with Crippen LogP contribution >= 0.6 is 0 Å². The minimum Gasteiger partial charge on any atom is -0.393 e. The maximum Gasteiger partial charge on any atom is 0.0568 e. The zero-order chi connectivity index (χ0) is 10.7. The number of aliphatic hydroxyl groups is 1. The largest absolute Gasteiger partial charge is 0.393 e. The lowest BCUT2D eigenvalue weighted by atomic mass is 9.88. The third kappa shape index (κ3) is 2.60. The average molecular weight is 203 g/mol. The zero-order valence-electron chi connectivity index (χ0n) is 9.32. The monoisotopic (exact) mass is 203 g/mol. The number of hydrogen-bond acceptors (Lipinski definition) is 1. The van der Waals surface area contributed by atoms with Gasteiger partial charge in [-0.3, -0.25) is 0 Å². The molecule has 0 heterocycles. The van der Waals surface area contributed by atoms with Gasteiger partial charge in [0, 0.05) is 5.92 Å². The highest BCUT2D eigenvalue weighted by molar-refractivity contribution is 5.29. The smallest absolute Gasteiger partial charge is 0.0568 e. The number of hydrogen-bond donors (Lipinski definition) is 1. The first-order chi connectivity index (χ1) is 7.27. The van der Waals surface area contributed by atoms with Crippen molar-refractivity contribution in [1.29, 1.82) is 0 Å². The number of aliphatic hydroxyl groups excluding tert-OH is 1. The molecule has 1 aromatic rings. The van der Waals surface area contributed by atoms with Gasteiger partial charge in [-0.2, -0.15) is 0 Å². The van der Waals surface area contributed by atoms with Crippen LogP contribution in [0.2, 0.25) is 0 Å². The van der Waals surface area contributed by atoms with E-state index in [4.69, 9.17) is 0 Å². The topological polar surface area (TPSA) is 20.2 Å². The van der Waals surface area contributed by atoms with Crippen molar-refractivity contribution < 1.29 is 5.11 Å². The second-order valence-electron chi connectivity index (χ2n) is 4.61. The summed E-state index contributed by atoms with van der Waals surface area (Å²) in [4.78, 5) is 0. The van der Waals surface area contributed by atoms with Gasteiger partial charge in [0.1, 0.15) is 0 Å². The molecule has 1 aliphatic rings. The first-order valence-corrected chi connectivity index (χ1v) is 5.83. The van der Waals surface area contributed by atoms with Crippen LogP contribution in [0.5, 0.6) is 0 Å². The molecule has 2 atom stereocenters. The van der Waals surface area contributed by atoms with Crippen molar-refractivity contribution in [2.45, 2.75) is 38.7 Å². The first-order valence-electron chi connectivity index (χ1n) is 5.83. The third-order valence-electron chi connectivity index (χ3n) is 3.45. The van der Waals surface area contributed by atoms with Gasteiger partial charge in [-0.1, -0.05) is 43.7 Å². The highest BCUT2D eigenvalue weighted by atomic mass is 16.3. The van der Waals surface area contributed by atoms with E-state index in [0.29, 0.717) is 5.92 Å². The second kappa shape index (κ2) is 4.80. The fourth-order valence-electron chi connectivity index (χ4n) is 2.49. The normalized spacial score (nSPS) is 26.1. The van der Waals surface area contributed by atoms with Crippen molar-refractivity contribution in [1.82, 2.24) is 0 Å². The van der Waals surface area contributed by atoms with Crippen LogP contribution in [0.15, 0.2) is 30.3 Å². The van der Waals surface area contributed by atoms with E-state index >= 15 is 0 Å². The van der Waals surface area contributed by atoms with E-state index < -0.39 is 0 Å². The van der Waals surface area contributed by atoms with Crippen molar-refractivity contribution in [3.8, 4) is 0 Å². The van der Waals surface area contributed by atoms with Crippen LogP contribution in [0.3, 0.4) is 0 Å². The molecule has 1 fully saturated rings. The fourth-order valence-corrected chi connectivity index (χ4v) is 2.49. The van der Waals surface area contributed by atoms with Gasteiger partial charge in [-0.15, -0.1) is 0 Å². The summed E-state index contributed by atoms with van der Waals surface area (Å²) in [6, 6.07) is 10.5. The first kappa shape index (κ1) is 10.7. The van der Waals surface area contributed by atoms with E-state index in [1.54, 1.807) is 0 Å². The van der Waals surface area contributed by atoms with Gasteiger partial charge in [0.05, 0.1) is 6.10 Å². The SMILES string of the molecule is C[C](CC1CCCC1O)c1ccccc1. The standard InChI is InChI=1S/C14H19O/c1-11(12-6-3-2-4-7-12)10-13-8-5-9-14(13)15/h2-4,6-7,13-15H,5,8-10H2,1H3. The Labute approximate surface area is 92.1 Å². The van der Waals surface area contributed by atoms with Crippen LogP contribution in [0, 0.1) is 11.8 Å². The van der Waals surface area contributed by atoms with Gasteiger partial charge >= 0.3 is 0 Å². The van der Waals surface area contributed by atoms with Crippen molar-refractivity contribution in [3.05, 3.63) is 41.8 Å². The summed E-state index contributed by atoms with van der Waals surface area (Å²) in [6.45, 7) is 2.18. The highest BCUT2D eigenvalue weighted by Gasteiger charge is 2.26. The summed E-state index contributed by atoms with van der Waals surface area (Å²) >= 11 is 0. The summed E-state index contributed by atoms with van der Waals surface area (Å²) in [5, 5.41) is 9.77. The summed E-state index contributed by atoms with van der Waals surface area (Å²) in [5.41, 5.74) is 1.32. The van der Waals surface area contributed by atoms with Crippen molar-refractivity contribution in [2.24, 2.45) is 5.92 Å². The molecule has 0 spiro atoms. The molecule has 1 aliphatic carbocycles. The van der Waals surface area contributed by atoms with E-state index in [0.717, 1.165) is 12.8 Å². The van der Waals surface area contributed by atoms with Crippen LogP contribution in [0.25, 0.3) is 0 Å². The Hall–Kier alpha value is -0.820. The second-order valence-corrected chi connectivity index (χ2v) is 4.61. The van der Waals surface area contributed by atoms with Crippen LogP contribution in [-0.2, 0) is 0 Å². The lowest BCUT2D eigenvalue weighted by Gasteiger charge is -2.19. The number of rotatable bonds is 3. The Morgan fingerprint density at radius 2 is 2.00 bits per heavy atom. The molecule has 15 heavy (non-hydrogen) atoms. The molecular weight excluding hydrogens is 184 g/mol. The minimum atomic E-state index is -0.0661. The molecule has 0 saturated heterocycles. The molecule has 1 nitrogen and oxygen atoms in total. The predicted molar refractivity (Wildman–Crippen MR) is 62.4 cm³/mol. The third-order valence-corrected chi connectivity index (χ3v) is 3.45. The molecule has 1 saturated carbocycles. The molecule has 2 rings (SSSR count). The van der Waals surface area contributed by atoms with Crippen molar-refractivity contribution >= 4 is 0 Å². The van der Waals surface area contributed by atoms with Gasteiger partial charge in [-0.05, 0) is 30.7 Å². The zero-order valence-corrected chi connectivity index (χ0v) is 9.32. The van der Waals surface area contributed by atoms with Gasteiger partial charge < -0.3 is 5.11 Å². The maximum absolute atomic E-state index is 9.77. The summed E-state index contributed by atoms with van der Waals surface area (Å²) in [5.74, 6) is 1.90. The van der Waals surface area contributed by atoms with Gasteiger partial charge in [-0.25, -0.2) is 0 Å². The Balaban J connectivity index is 1.95. The van der Waals surface area contributed by atoms with Crippen LogP contribution in [-0.4, -0.2) is 11.2 Å². The molecule has 1 heteroatoms. The van der Waals surface area contributed by atoms with Crippen LogP contribution in [0.4, 0.5) is 0 Å². The molecule has 0 aromatic heterocycles. The quantitative estimate of drug-likeness (QED) is 0.800. The van der Waals surface area contributed by atoms with Crippen molar-refractivity contribution in [2.75, 3.05) is 0 Å². The van der Waals surface area contributed by atoms with E-state index in [2.05, 4.69) is 31.2 Å². The Morgan fingerprint density at radius 1 is 1.27 bits per heavy atom. The molecule has 0 aliphatic heterocycles. The van der Waals surface area contributed by atoms with E-state index in [-0.39, 0.29) is 6.10 Å². The lowest BCUT2D eigenvalue weighted by Crippen LogP contribution is -2.15. The molecule has 1 radical (unpaired) electrons. The molecule has 0 amide bonds. The highest BCUT2D eigenvalue weighted by Crippen LogP contribution is 2.33. The van der Waals surface area contributed by atoms with Gasteiger partial charge in [0.15, 0.2) is 0 Å². The molecule has 1 aromatic carbocycles. The Morgan fingerprint density at radius 3 is 2.60 bits per heavy atom. The summed E-state index contributed by atoms with van der Waals surface area (Å²) in [7, 11) is 0. The predicted octanol–water partition coefficient (Wildman–Crippen LogP) is 3.18. The maximum atomic E-state index is 9.77. The Kier molecular flexibility index (Phi) is 3.42. The van der Waals surface area contributed by atoms with Crippen molar-refractivity contribution in [3.63, 3.8) is 0 Å². The molecule has 81 valence electrons. The van der Waals surface area contributed by atoms with E-state index in [1.807, 2.05) is 6.07 Å². The van der Waals surface area contributed by atoms with Gasteiger partial charge in [0.2, 0.25) is 0 Å². The minimum absolute atomic E-state index is 0.0661. The molecule has 0 bridgehead atoms. The molecule has 1 N–H and O–H groups in total. The lowest BCUT2D eigenvalue weighted by molar-refractivity contribution is 0.130. The van der Waals surface area contributed by atoms with Gasteiger partial charge in [0.25, 0.3) is 0 Å². The van der Waals surface area contributed by atoms with Crippen LogP contribution < -0.4 is 0 Å². The Bertz CT molecular complexity index is 293. The van der Waals surface area contributed by atoms with Crippen LogP contribution in [0.1, 0.15) is 38.2 Å². The fraction of sp³-hybridized carbons (Fsp3) is 0.500.